The van der Waals surface area contributed by atoms with Gasteiger partial charge in [0.1, 0.15) is 6.61 Å². The summed E-state index contributed by atoms with van der Waals surface area (Å²) in [6, 6.07) is 2.14. The minimum Gasteiger partial charge on any atom is -0.384 e. The molecule has 0 spiro atoms. The summed E-state index contributed by atoms with van der Waals surface area (Å²) in [4.78, 5) is 6.19. The third-order valence-corrected chi connectivity index (χ3v) is 4.72. The quantitative estimate of drug-likeness (QED) is 0.858. The number of rotatable bonds is 4. The molecule has 1 aliphatic rings. The Morgan fingerprint density at radius 2 is 2.20 bits per heavy atom. The van der Waals surface area contributed by atoms with Crippen molar-refractivity contribution in [3.8, 4) is 11.8 Å². The summed E-state index contributed by atoms with van der Waals surface area (Å²) in [5.74, 6) is 6.49. The smallest absolute Gasteiger partial charge is 0.104 e. The van der Waals surface area contributed by atoms with Crippen LogP contribution in [0.3, 0.4) is 0 Å². The molecule has 0 radical (unpaired) electrons. The molecule has 1 aliphatic heterocycles. The van der Waals surface area contributed by atoms with Gasteiger partial charge < -0.3 is 14.9 Å². The van der Waals surface area contributed by atoms with Crippen molar-refractivity contribution >= 4 is 11.3 Å². The highest BCUT2D eigenvalue weighted by atomic mass is 32.1. The summed E-state index contributed by atoms with van der Waals surface area (Å²) in [6.45, 7) is 4.58. The van der Waals surface area contributed by atoms with Crippen molar-refractivity contribution in [1.29, 1.82) is 0 Å². The second-order valence-corrected chi connectivity index (χ2v) is 6.70. The van der Waals surface area contributed by atoms with Crippen molar-refractivity contribution in [1.82, 2.24) is 9.80 Å². The number of aliphatic hydroxyl groups excluding tert-OH is 1. The van der Waals surface area contributed by atoms with Gasteiger partial charge in [0.15, 0.2) is 0 Å². The van der Waals surface area contributed by atoms with Gasteiger partial charge in [0, 0.05) is 28.9 Å². The third-order valence-electron chi connectivity index (χ3n) is 3.80. The van der Waals surface area contributed by atoms with Crippen LogP contribution in [-0.4, -0.2) is 55.2 Å². The van der Waals surface area contributed by atoms with Gasteiger partial charge in [-0.25, -0.2) is 0 Å². The maximum Gasteiger partial charge on any atom is 0.104 e. The van der Waals surface area contributed by atoms with Crippen LogP contribution in [0.2, 0.25) is 0 Å². The number of likely N-dealkylation sites (tertiary alicyclic amines) is 1. The monoisotopic (exact) mass is 292 g/mol. The molecule has 1 N–H and O–H groups in total. The van der Waals surface area contributed by atoms with E-state index >= 15 is 0 Å². The van der Waals surface area contributed by atoms with E-state index in [0.29, 0.717) is 0 Å². The molecule has 1 saturated heterocycles. The van der Waals surface area contributed by atoms with Gasteiger partial charge in [-0.1, -0.05) is 11.8 Å². The SMILES string of the molecule is CN1CCC(CN(C)Cc2cc(C#CCO)cs2)CC1. The van der Waals surface area contributed by atoms with Gasteiger partial charge in [0.2, 0.25) is 0 Å². The number of hydrogen-bond donors (Lipinski definition) is 1. The minimum atomic E-state index is -0.0682. The highest BCUT2D eigenvalue weighted by Crippen LogP contribution is 2.20. The van der Waals surface area contributed by atoms with Crippen LogP contribution in [0.25, 0.3) is 0 Å². The molecule has 20 heavy (non-hydrogen) atoms. The van der Waals surface area contributed by atoms with Gasteiger partial charge in [-0.2, -0.15) is 0 Å². The number of piperidine rings is 1. The summed E-state index contributed by atoms with van der Waals surface area (Å²) in [5, 5.41) is 10.8. The molecule has 0 saturated carbocycles. The molecule has 2 rings (SSSR count). The molecule has 0 amide bonds. The zero-order chi connectivity index (χ0) is 14.4. The van der Waals surface area contributed by atoms with Crippen LogP contribution in [0, 0.1) is 17.8 Å². The summed E-state index contributed by atoms with van der Waals surface area (Å²) in [5.41, 5.74) is 1.02. The van der Waals surface area contributed by atoms with Crippen LogP contribution in [0.1, 0.15) is 23.3 Å². The molecule has 110 valence electrons. The molecule has 3 nitrogen and oxygen atoms in total. The fourth-order valence-corrected chi connectivity index (χ4v) is 3.58. The molecule has 0 aliphatic carbocycles. The van der Waals surface area contributed by atoms with E-state index in [2.05, 4.69) is 47.2 Å². The number of hydrogen-bond acceptors (Lipinski definition) is 4. The maximum atomic E-state index is 8.70. The second kappa shape index (κ2) is 7.80. The van der Waals surface area contributed by atoms with Crippen molar-refractivity contribution in [2.75, 3.05) is 40.3 Å². The van der Waals surface area contributed by atoms with E-state index in [1.807, 2.05) is 0 Å². The Hall–Kier alpha value is -0.860. The molecule has 0 atom stereocenters. The largest absolute Gasteiger partial charge is 0.384 e. The summed E-state index contributed by atoms with van der Waals surface area (Å²) < 4.78 is 0. The molecular weight excluding hydrogens is 268 g/mol. The zero-order valence-electron chi connectivity index (χ0n) is 12.4. The van der Waals surface area contributed by atoms with Crippen molar-refractivity contribution in [3.05, 3.63) is 21.9 Å². The first-order valence-corrected chi connectivity index (χ1v) is 8.09. The lowest BCUT2D eigenvalue weighted by Crippen LogP contribution is -2.35. The van der Waals surface area contributed by atoms with Crippen LogP contribution in [-0.2, 0) is 6.54 Å². The lowest BCUT2D eigenvalue weighted by molar-refractivity contribution is 0.174. The molecule has 0 aromatic carbocycles. The minimum absolute atomic E-state index is 0.0682. The Morgan fingerprint density at radius 1 is 1.45 bits per heavy atom. The summed E-state index contributed by atoms with van der Waals surface area (Å²) >= 11 is 1.76. The summed E-state index contributed by atoms with van der Waals surface area (Å²) in [7, 11) is 4.41. The second-order valence-electron chi connectivity index (χ2n) is 5.70. The van der Waals surface area contributed by atoms with Gasteiger partial charge in [-0.3, -0.25) is 0 Å². The van der Waals surface area contributed by atoms with Crippen molar-refractivity contribution in [2.45, 2.75) is 19.4 Å². The Kier molecular flexibility index (Phi) is 6.06. The van der Waals surface area contributed by atoms with Crippen molar-refractivity contribution in [2.24, 2.45) is 5.92 Å². The first-order chi connectivity index (χ1) is 9.67. The van der Waals surface area contributed by atoms with E-state index in [4.69, 9.17) is 5.11 Å². The Bertz CT molecular complexity index is 466. The first kappa shape index (κ1) is 15.5. The average Bonchev–Trinajstić information content (AvgIpc) is 2.86. The first-order valence-electron chi connectivity index (χ1n) is 7.21. The lowest BCUT2D eigenvalue weighted by Gasteiger charge is -2.31. The molecule has 1 aromatic rings. The van der Waals surface area contributed by atoms with Crippen LogP contribution in [0.5, 0.6) is 0 Å². The van der Waals surface area contributed by atoms with Crippen LogP contribution < -0.4 is 0 Å². The molecule has 2 heterocycles. The fourth-order valence-electron chi connectivity index (χ4n) is 2.69. The molecule has 0 unspecified atom stereocenters. The molecule has 0 bridgehead atoms. The van der Waals surface area contributed by atoms with Crippen molar-refractivity contribution in [3.63, 3.8) is 0 Å². The van der Waals surface area contributed by atoms with E-state index in [1.54, 1.807) is 11.3 Å². The molecule has 4 heteroatoms. The average molecular weight is 292 g/mol. The van der Waals surface area contributed by atoms with Gasteiger partial charge in [0.05, 0.1) is 0 Å². The molecule has 1 fully saturated rings. The molecule has 1 aromatic heterocycles. The normalized spacial score (nSPS) is 17.2. The van der Waals surface area contributed by atoms with E-state index in [0.717, 1.165) is 18.0 Å². The number of aliphatic hydroxyl groups is 1. The Morgan fingerprint density at radius 3 is 2.90 bits per heavy atom. The van der Waals surface area contributed by atoms with E-state index in [1.165, 1.54) is 37.4 Å². The molecular formula is C16H24N2OS. The van der Waals surface area contributed by atoms with Gasteiger partial charge in [-0.05, 0) is 52.0 Å². The highest BCUT2D eigenvalue weighted by Gasteiger charge is 2.18. The number of thiophene rings is 1. The van der Waals surface area contributed by atoms with Crippen LogP contribution in [0.4, 0.5) is 0 Å². The van der Waals surface area contributed by atoms with E-state index in [9.17, 15) is 0 Å². The third kappa shape index (κ3) is 4.92. The van der Waals surface area contributed by atoms with Gasteiger partial charge >= 0.3 is 0 Å². The standard InChI is InChI=1S/C16H24N2OS/c1-17-7-5-14(6-8-17)11-18(2)12-16-10-15(13-20-16)4-3-9-19/h10,13-14,19H,5-9,11-12H2,1-2H3. The highest BCUT2D eigenvalue weighted by molar-refractivity contribution is 7.10. The summed E-state index contributed by atoms with van der Waals surface area (Å²) in [6.07, 6.45) is 2.64. The van der Waals surface area contributed by atoms with Crippen LogP contribution in [0.15, 0.2) is 11.4 Å². The fraction of sp³-hybridized carbons (Fsp3) is 0.625. The van der Waals surface area contributed by atoms with Gasteiger partial charge in [-0.15, -0.1) is 11.3 Å². The van der Waals surface area contributed by atoms with Crippen molar-refractivity contribution < 1.29 is 5.11 Å². The zero-order valence-corrected chi connectivity index (χ0v) is 13.2. The Balaban J connectivity index is 1.79. The van der Waals surface area contributed by atoms with Gasteiger partial charge in [0.25, 0.3) is 0 Å². The maximum absolute atomic E-state index is 8.70. The van der Waals surface area contributed by atoms with E-state index in [-0.39, 0.29) is 6.61 Å². The predicted molar refractivity (Wildman–Crippen MR) is 84.8 cm³/mol. The van der Waals surface area contributed by atoms with E-state index < -0.39 is 0 Å². The topological polar surface area (TPSA) is 26.7 Å². The lowest BCUT2D eigenvalue weighted by atomic mass is 9.97. The Labute approximate surface area is 126 Å². The predicted octanol–water partition coefficient (Wildman–Crippen LogP) is 1.87. The van der Waals surface area contributed by atoms with Crippen LogP contribution >= 0.6 is 11.3 Å². The number of nitrogens with zero attached hydrogens (tertiary/aromatic N) is 2.